The number of non-ortho nitro benzene ring substituents is 1. The van der Waals surface area contributed by atoms with E-state index in [0.717, 1.165) is 16.8 Å². The summed E-state index contributed by atoms with van der Waals surface area (Å²) in [7, 11) is 1.55. The molecule has 0 atom stereocenters. The number of para-hydroxylation sites is 1. The summed E-state index contributed by atoms with van der Waals surface area (Å²) >= 11 is 1.44. The molecule has 0 radical (unpaired) electrons. The molecular weight excluding hydrogens is 414 g/mol. The van der Waals surface area contributed by atoms with Crippen molar-refractivity contribution >= 4 is 17.4 Å². The first-order valence-electron chi connectivity index (χ1n) is 9.44. The zero-order valence-electron chi connectivity index (χ0n) is 16.9. The minimum atomic E-state index is -0.413. The van der Waals surface area contributed by atoms with Gasteiger partial charge in [0, 0.05) is 41.4 Å². The molecule has 2 heterocycles. The van der Waals surface area contributed by atoms with Gasteiger partial charge in [-0.15, -0.1) is 10.2 Å². The number of hydrogen-bond acceptors (Lipinski definition) is 7. The maximum atomic E-state index is 11.2. The van der Waals surface area contributed by atoms with Gasteiger partial charge < -0.3 is 4.74 Å². The van der Waals surface area contributed by atoms with Crippen LogP contribution in [0.3, 0.4) is 0 Å². The number of methoxy groups -OCH3 is 1. The zero-order chi connectivity index (χ0) is 21.8. The SMILES string of the molecule is COc1ccc([N+](=O)[O-])cc1CSc1nnc(-c2cccnc2)n1-c1ccccc1C. The topological polar surface area (TPSA) is 96.0 Å². The van der Waals surface area contributed by atoms with Crippen LogP contribution in [-0.2, 0) is 5.75 Å². The van der Waals surface area contributed by atoms with Gasteiger partial charge in [-0.2, -0.15) is 0 Å². The third-order valence-corrected chi connectivity index (χ3v) is 5.72. The highest BCUT2D eigenvalue weighted by molar-refractivity contribution is 7.98. The van der Waals surface area contributed by atoms with Crippen molar-refractivity contribution in [2.75, 3.05) is 7.11 Å². The molecule has 0 aliphatic carbocycles. The van der Waals surface area contributed by atoms with Crippen molar-refractivity contribution < 1.29 is 9.66 Å². The molecule has 0 aliphatic heterocycles. The van der Waals surface area contributed by atoms with E-state index in [4.69, 9.17) is 4.74 Å². The molecule has 0 fully saturated rings. The van der Waals surface area contributed by atoms with E-state index in [0.29, 0.717) is 28.0 Å². The Kier molecular flexibility index (Phi) is 5.94. The van der Waals surface area contributed by atoms with Gasteiger partial charge >= 0.3 is 0 Å². The van der Waals surface area contributed by atoms with E-state index in [1.165, 1.54) is 23.9 Å². The second kappa shape index (κ2) is 8.97. The Bertz CT molecular complexity index is 1230. The van der Waals surface area contributed by atoms with E-state index in [1.54, 1.807) is 25.6 Å². The fraction of sp³-hybridized carbons (Fsp3) is 0.136. The zero-order valence-corrected chi connectivity index (χ0v) is 17.7. The van der Waals surface area contributed by atoms with Gasteiger partial charge in [-0.25, -0.2) is 0 Å². The number of benzene rings is 2. The molecule has 2 aromatic heterocycles. The molecule has 0 unspecified atom stereocenters. The highest BCUT2D eigenvalue weighted by Gasteiger charge is 2.19. The Balaban J connectivity index is 1.75. The summed E-state index contributed by atoms with van der Waals surface area (Å²) in [5.74, 6) is 1.70. The average Bonchev–Trinajstić information content (AvgIpc) is 3.22. The molecule has 0 bridgehead atoms. The van der Waals surface area contributed by atoms with Gasteiger partial charge in [0.1, 0.15) is 5.75 Å². The predicted molar refractivity (Wildman–Crippen MR) is 119 cm³/mol. The summed E-state index contributed by atoms with van der Waals surface area (Å²) in [6.45, 7) is 2.03. The van der Waals surface area contributed by atoms with Crippen molar-refractivity contribution in [2.45, 2.75) is 17.8 Å². The fourth-order valence-electron chi connectivity index (χ4n) is 3.21. The summed E-state index contributed by atoms with van der Waals surface area (Å²) in [5, 5.41) is 20.7. The predicted octanol–water partition coefficient (Wildman–Crippen LogP) is 4.85. The largest absolute Gasteiger partial charge is 0.496 e. The van der Waals surface area contributed by atoms with E-state index in [9.17, 15) is 10.1 Å². The Morgan fingerprint density at radius 3 is 2.68 bits per heavy atom. The highest BCUT2D eigenvalue weighted by atomic mass is 32.2. The summed E-state index contributed by atoms with van der Waals surface area (Å²) in [4.78, 5) is 15.0. The highest BCUT2D eigenvalue weighted by Crippen LogP contribution is 2.33. The standard InChI is InChI=1S/C22H19N5O3S/c1-15-6-3-4-8-19(15)26-21(16-7-5-11-23-13-16)24-25-22(26)31-14-17-12-18(27(28)29)9-10-20(17)30-2/h3-13H,14H2,1-2H3. The van der Waals surface area contributed by atoms with Crippen LogP contribution >= 0.6 is 11.8 Å². The average molecular weight is 433 g/mol. The lowest BCUT2D eigenvalue weighted by Crippen LogP contribution is -2.02. The third-order valence-electron chi connectivity index (χ3n) is 4.74. The molecule has 2 aromatic carbocycles. The normalized spacial score (nSPS) is 10.8. The second-order valence-corrected chi connectivity index (χ2v) is 7.65. The van der Waals surface area contributed by atoms with Gasteiger partial charge in [-0.05, 0) is 36.8 Å². The van der Waals surface area contributed by atoms with E-state index in [1.807, 2.05) is 47.9 Å². The van der Waals surface area contributed by atoms with Crippen molar-refractivity contribution in [3.63, 3.8) is 0 Å². The first kappa shape index (κ1) is 20.5. The monoisotopic (exact) mass is 433 g/mol. The Labute approximate surface area is 183 Å². The van der Waals surface area contributed by atoms with Crippen LogP contribution in [-0.4, -0.2) is 31.8 Å². The summed E-state index contributed by atoms with van der Waals surface area (Å²) < 4.78 is 7.38. The molecule has 0 saturated heterocycles. The molecule has 156 valence electrons. The van der Waals surface area contributed by atoms with Gasteiger partial charge in [-0.3, -0.25) is 19.7 Å². The summed E-state index contributed by atoms with van der Waals surface area (Å²) in [6, 6.07) is 16.3. The molecule has 0 N–H and O–H groups in total. The van der Waals surface area contributed by atoms with Gasteiger partial charge in [0.05, 0.1) is 17.7 Å². The number of nitrogens with zero attached hydrogens (tertiary/aromatic N) is 5. The molecule has 31 heavy (non-hydrogen) atoms. The van der Waals surface area contributed by atoms with Crippen molar-refractivity contribution in [3.05, 3.63) is 88.2 Å². The van der Waals surface area contributed by atoms with E-state index < -0.39 is 4.92 Å². The Morgan fingerprint density at radius 2 is 1.97 bits per heavy atom. The van der Waals surface area contributed by atoms with Crippen LogP contribution in [0, 0.1) is 17.0 Å². The van der Waals surface area contributed by atoms with Crippen molar-refractivity contribution in [1.82, 2.24) is 19.7 Å². The van der Waals surface area contributed by atoms with Crippen LogP contribution in [0.1, 0.15) is 11.1 Å². The first-order chi connectivity index (χ1) is 15.1. The van der Waals surface area contributed by atoms with Crippen LogP contribution in [0.25, 0.3) is 17.1 Å². The summed E-state index contributed by atoms with van der Waals surface area (Å²) in [5.41, 5.74) is 3.61. The molecule has 4 aromatic rings. The van der Waals surface area contributed by atoms with Crippen LogP contribution < -0.4 is 4.74 Å². The first-order valence-corrected chi connectivity index (χ1v) is 10.4. The van der Waals surface area contributed by atoms with Gasteiger partial charge in [0.25, 0.3) is 5.69 Å². The molecule has 4 rings (SSSR count). The molecule has 0 saturated carbocycles. The number of pyridine rings is 1. The number of thioether (sulfide) groups is 1. The second-order valence-electron chi connectivity index (χ2n) is 6.71. The third kappa shape index (κ3) is 4.26. The van der Waals surface area contributed by atoms with Crippen LogP contribution in [0.15, 0.2) is 72.1 Å². The quantitative estimate of drug-likeness (QED) is 0.234. The van der Waals surface area contributed by atoms with Gasteiger partial charge in [-0.1, -0.05) is 30.0 Å². The molecular formula is C22H19N5O3S. The smallest absolute Gasteiger partial charge is 0.270 e. The lowest BCUT2D eigenvalue weighted by molar-refractivity contribution is -0.384. The number of aromatic nitrogens is 4. The number of rotatable bonds is 7. The molecule has 0 amide bonds. The van der Waals surface area contributed by atoms with Crippen LogP contribution in [0.5, 0.6) is 5.75 Å². The van der Waals surface area contributed by atoms with Gasteiger partial charge in [0.15, 0.2) is 11.0 Å². The Morgan fingerprint density at radius 1 is 1.13 bits per heavy atom. The lowest BCUT2D eigenvalue weighted by Gasteiger charge is -2.13. The molecule has 0 spiro atoms. The minimum Gasteiger partial charge on any atom is -0.496 e. The maximum absolute atomic E-state index is 11.2. The van der Waals surface area contributed by atoms with Gasteiger partial charge in [0.2, 0.25) is 0 Å². The van der Waals surface area contributed by atoms with Crippen LogP contribution in [0.4, 0.5) is 5.69 Å². The van der Waals surface area contributed by atoms with E-state index in [-0.39, 0.29) is 5.69 Å². The fourth-order valence-corrected chi connectivity index (χ4v) is 4.13. The number of nitro benzene ring substituents is 1. The van der Waals surface area contributed by atoms with Crippen molar-refractivity contribution in [3.8, 4) is 22.8 Å². The number of ether oxygens (including phenoxy) is 1. The number of aryl methyl sites for hydroxylation is 1. The summed E-state index contributed by atoms with van der Waals surface area (Å²) in [6.07, 6.45) is 3.46. The van der Waals surface area contributed by atoms with Crippen LogP contribution in [0.2, 0.25) is 0 Å². The molecule has 8 nitrogen and oxygen atoms in total. The molecule has 0 aliphatic rings. The van der Waals surface area contributed by atoms with E-state index >= 15 is 0 Å². The van der Waals surface area contributed by atoms with Crippen molar-refractivity contribution in [2.24, 2.45) is 0 Å². The van der Waals surface area contributed by atoms with E-state index in [2.05, 4.69) is 15.2 Å². The molecule has 9 heteroatoms. The Hall–Kier alpha value is -3.72. The minimum absolute atomic E-state index is 0.0211. The number of nitro groups is 1. The maximum Gasteiger partial charge on any atom is 0.270 e. The lowest BCUT2D eigenvalue weighted by atomic mass is 10.2. The number of hydrogen-bond donors (Lipinski definition) is 0. The van der Waals surface area contributed by atoms with Crippen molar-refractivity contribution in [1.29, 1.82) is 0 Å².